The van der Waals surface area contributed by atoms with E-state index in [1.54, 1.807) is 12.4 Å². The van der Waals surface area contributed by atoms with Crippen LogP contribution in [0, 0.1) is 0 Å². The minimum Gasteiger partial charge on any atom is -0.445 e. The molecule has 0 aliphatic heterocycles. The van der Waals surface area contributed by atoms with Gasteiger partial charge in [-0.15, -0.1) is 6.58 Å². The number of aromatic nitrogens is 3. The van der Waals surface area contributed by atoms with Crippen molar-refractivity contribution in [2.75, 3.05) is 0 Å². The Morgan fingerprint density at radius 1 is 1.27 bits per heavy atom. The number of carbonyl (C=O) groups is 1. The second-order valence-electron chi connectivity index (χ2n) is 7.64. The monoisotopic (exact) mass is 424 g/mol. The van der Waals surface area contributed by atoms with Gasteiger partial charge in [-0.2, -0.15) is 0 Å². The summed E-state index contributed by atoms with van der Waals surface area (Å²) in [5, 5.41) is 3.47. The van der Waals surface area contributed by atoms with E-state index in [9.17, 15) is 4.79 Å². The van der Waals surface area contributed by atoms with Crippen LogP contribution in [-0.2, 0) is 17.8 Å². The summed E-state index contributed by atoms with van der Waals surface area (Å²) in [5.41, 5.74) is 2.79. The van der Waals surface area contributed by atoms with E-state index in [-0.39, 0.29) is 24.7 Å². The van der Waals surface area contributed by atoms with E-state index in [1.165, 1.54) is 0 Å². The normalized spacial score (nSPS) is 18.8. The van der Waals surface area contributed by atoms with Crippen LogP contribution < -0.4 is 5.32 Å². The van der Waals surface area contributed by atoms with Gasteiger partial charge in [0.2, 0.25) is 0 Å². The highest BCUT2D eigenvalue weighted by atomic mass is 35.5. The van der Waals surface area contributed by atoms with Gasteiger partial charge in [-0.05, 0) is 24.8 Å². The molecule has 0 bridgehead atoms. The molecule has 0 saturated heterocycles. The van der Waals surface area contributed by atoms with E-state index >= 15 is 0 Å². The van der Waals surface area contributed by atoms with Crippen LogP contribution in [0.1, 0.15) is 48.7 Å². The van der Waals surface area contributed by atoms with Gasteiger partial charge in [0.1, 0.15) is 17.9 Å². The fourth-order valence-electron chi connectivity index (χ4n) is 4.14. The fourth-order valence-corrected chi connectivity index (χ4v) is 4.32. The summed E-state index contributed by atoms with van der Waals surface area (Å²) in [6.45, 7) is 4.11. The Morgan fingerprint density at radius 2 is 2.10 bits per heavy atom. The molecule has 1 N–H and O–H groups in total. The van der Waals surface area contributed by atoms with E-state index < -0.39 is 0 Å². The van der Waals surface area contributed by atoms with Gasteiger partial charge < -0.3 is 10.1 Å². The number of allylic oxidation sites excluding steroid dienone is 1. The summed E-state index contributed by atoms with van der Waals surface area (Å²) in [7, 11) is 0. The van der Waals surface area contributed by atoms with Crippen molar-refractivity contribution in [1.82, 2.24) is 19.7 Å². The van der Waals surface area contributed by atoms with Gasteiger partial charge in [-0.25, -0.2) is 14.8 Å². The van der Waals surface area contributed by atoms with Crippen LogP contribution in [0.15, 0.2) is 55.4 Å². The van der Waals surface area contributed by atoms with Gasteiger partial charge in [0, 0.05) is 30.3 Å². The summed E-state index contributed by atoms with van der Waals surface area (Å²) < 4.78 is 7.48. The Morgan fingerprint density at radius 3 is 2.90 bits per heavy atom. The molecule has 2 heterocycles. The molecule has 3 aromatic rings. The number of rotatable bonds is 6. The molecule has 30 heavy (non-hydrogen) atoms. The van der Waals surface area contributed by atoms with Crippen LogP contribution in [0.3, 0.4) is 0 Å². The maximum atomic E-state index is 12.3. The summed E-state index contributed by atoms with van der Waals surface area (Å²) in [6.07, 6.45) is 9.49. The molecule has 1 aliphatic carbocycles. The molecule has 0 unspecified atom stereocenters. The first-order chi connectivity index (χ1) is 14.7. The van der Waals surface area contributed by atoms with Crippen molar-refractivity contribution >= 4 is 23.2 Å². The lowest BCUT2D eigenvalue weighted by Crippen LogP contribution is -2.38. The minimum atomic E-state index is -0.378. The molecule has 0 spiro atoms. The first-order valence-electron chi connectivity index (χ1n) is 10.2. The average molecular weight is 425 g/mol. The predicted octanol–water partition coefficient (Wildman–Crippen LogP) is 5.06. The highest BCUT2D eigenvalue weighted by molar-refractivity contribution is 6.32. The molecule has 1 aromatic carbocycles. The number of nitrogens with zero attached hydrogens (tertiary/aromatic N) is 3. The molecule has 1 saturated carbocycles. The third-order valence-electron chi connectivity index (χ3n) is 5.54. The smallest absolute Gasteiger partial charge is 0.407 e. The predicted molar refractivity (Wildman–Crippen MR) is 117 cm³/mol. The Kier molecular flexibility index (Phi) is 6.33. The van der Waals surface area contributed by atoms with Crippen molar-refractivity contribution in [3.63, 3.8) is 0 Å². The maximum absolute atomic E-state index is 12.3. The van der Waals surface area contributed by atoms with Crippen molar-refractivity contribution < 1.29 is 9.53 Å². The number of carbonyl (C=O) groups excluding carboxylic acids is 1. The summed E-state index contributed by atoms with van der Waals surface area (Å²) in [5.74, 6) is 1.19. The fraction of sp³-hybridized carbons (Fsp3) is 0.348. The quantitative estimate of drug-likeness (QED) is 0.561. The third-order valence-corrected chi connectivity index (χ3v) is 5.83. The molecular formula is C23H25ClN4O2. The summed E-state index contributed by atoms with van der Waals surface area (Å²) in [6, 6.07) is 9.73. The second kappa shape index (κ2) is 9.30. The molecule has 0 radical (unpaired) electrons. The number of benzene rings is 1. The van der Waals surface area contributed by atoms with Gasteiger partial charge in [0.15, 0.2) is 5.15 Å². The van der Waals surface area contributed by atoms with E-state index in [1.807, 2.05) is 36.4 Å². The van der Waals surface area contributed by atoms with Gasteiger partial charge in [-0.3, -0.25) is 4.40 Å². The van der Waals surface area contributed by atoms with E-state index in [2.05, 4.69) is 26.3 Å². The minimum absolute atomic E-state index is 0.0551. The van der Waals surface area contributed by atoms with Gasteiger partial charge in [-0.1, -0.05) is 54.4 Å². The third kappa shape index (κ3) is 4.49. The Hall–Kier alpha value is -2.86. The largest absolute Gasteiger partial charge is 0.445 e. The van der Waals surface area contributed by atoms with Crippen LogP contribution in [0.2, 0.25) is 5.15 Å². The van der Waals surface area contributed by atoms with Crippen LogP contribution in [0.25, 0.3) is 5.52 Å². The molecule has 1 aliphatic rings. The number of halogens is 1. The zero-order valence-electron chi connectivity index (χ0n) is 16.8. The summed E-state index contributed by atoms with van der Waals surface area (Å²) in [4.78, 5) is 21.2. The van der Waals surface area contributed by atoms with Crippen molar-refractivity contribution in [2.24, 2.45) is 0 Å². The van der Waals surface area contributed by atoms with Crippen LogP contribution in [0.4, 0.5) is 4.79 Å². The first kappa shape index (κ1) is 20.4. The molecular weight excluding hydrogens is 400 g/mol. The first-order valence-corrected chi connectivity index (χ1v) is 10.6. The number of nitrogens with one attached hydrogen (secondary N) is 1. The number of hydrogen-bond acceptors (Lipinski definition) is 4. The lowest BCUT2D eigenvalue weighted by molar-refractivity contribution is 0.132. The molecule has 156 valence electrons. The maximum Gasteiger partial charge on any atom is 0.407 e. The number of imidazole rings is 1. The van der Waals surface area contributed by atoms with Gasteiger partial charge in [0.05, 0.1) is 6.20 Å². The van der Waals surface area contributed by atoms with Crippen LogP contribution in [-0.4, -0.2) is 26.5 Å². The van der Waals surface area contributed by atoms with Crippen LogP contribution in [0.5, 0.6) is 0 Å². The number of alkyl carbamates (subject to hydrolysis) is 1. The van der Waals surface area contributed by atoms with Gasteiger partial charge in [0.25, 0.3) is 0 Å². The Labute approximate surface area is 180 Å². The average Bonchev–Trinajstić information content (AvgIpc) is 3.22. The molecule has 4 rings (SSSR count). The molecule has 6 nitrogen and oxygen atoms in total. The van der Waals surface area contributed by atoms with E-state index in [0.29, 0.717) is 11.6 Å². The second-order valence-corrected chi connectivity index (χ2v) is 7.99. The standard InChI is InChI=1S/C23H25ClN4O2/c1-2-7-19-13-25-21(24)20-14-26-22(28(19)20)17-10-6-11-18(12-17)27-23(29)30-15-16-8-4-3-5-9-16/h2-5,8-9,13-14,17-18H,1,6-7,10-12,15H2,(H,27,29)/t17-,18-/m1/s1. The molecule has 7 heteroatoms. The Bertz CT molecular complexity index is 1030. The van der Waals surface area contributed by atoms with E-state index in [0.717, 1.165) is 48.3 Å². The lowest BCUT2D eigenvalue weighted by Gasteiger charge is -2.29. The number of ether oxygens (including phenoxy) is 1. The highest BCUT2D eigenvalue weighted by Gasteiger charge is 2.28. The highest BCUT2D eigenvalue weighted by Crippen LogP contribution is 2.34. The van der Waals surface area contributed by atoms with Crippen molar-refractivity contribution in [3.05, 3.63) is 77.6 Å². The van der Waals surface area contributed by atoms with Crippen molar-refractivity contribution in [3.8, 4) is 0 Å². The SMILES string of the molecule is C=CCc1cnc(Cl)c2cnc([C@@H]3CCC[C@@H](NC(=O)OCc4ccccc4)C3)n12. The van der Waals surface area contributed by atoms with Crippen LogP contribution >= 0.6 is 11.6 Å². The number of hydrogen-bond donors (Lipinski definition) is 1. The molecule has 2 aromatic heterocycles. The molecule has 2 atom stereocenters. The van der Waals surface area contributed by atoms with Crippen molar-refractivity contribution in [2.45, 2.75) is 50.7 Å². The van der Waals surface area contributed by atoms with Gasteiger partial charge >= 0.3 is 6.09 Å². The lowest BCUT2D eigenvalue weighted by atomic mass is 9.85. The van der Waals surface area contributed by atoms with Crippen molar-refractivity contribution in [1.29, 1.82) is 0 Å². The zero-order valence-corrected chi connectivity index (χ0v) is 17.5. The molecule has 1 fully saturated rings. The molecule has 1 amide bonds. The number of amides is 1. The Balaban J connectivity index is 1.44. The zero-order chi connectivity index (χ0) is 20.9. The number of fused-ring (bicyclic) bond motifs is 1. The summed E-state index contributed by atoms with van der Waals surface area (Å²) >= 11 is 6.29. The topological polar surface area (TPSA) is 68.5 Å². The van der Waals surface area contributed by atoms with E-state index in [4.69, 9.17) is 16.3 Å².